The Labute approximate surface area is 98.5 Å². The number of hydrogen-bond acceptors (Lipinski definition) is 4. The molecule has 94 valence electrons. The van der Waals surface area contributed by atoms with Crippen LogP contribution in [0.15, 0.2) is 16.7 Å². The van der Waals surface area contributed by atoms with E-state index in [9.17, 15) is 9.59 Å². The molecule has 0 spiro atoms. The lowest BCUT2D eigenvalue weighted by Crippen LogP contribution is -2.34. The zero-order valence-corrected chi connectivity index (χ0v) is 9.55. The Kier molecular flexibility index (Phi) is 4.71. The SMILES string of the molecule is CCCN(CCO)C(=O)c1cc(C(=O)O)co1. The van der Waals surface area contributed by atoms with Crippen molar-refractivity contribution in [3.63, 3.8) is 0 Å². The molecule has 0 aliphatic carbocycles. The van der Waals surface area contributed by atoms with Crippen LogP contribution in [0.4, 0.5) is 0 Å². The van der Waals surface area contributed by atoms with Gasteiger partial charge < -0.3 is 19.5 Å². The van der Waals surface area contributed by atoms with Gasteiger partial charge in [0, 0.05) is 19.2 Å². The predicted octanol–water partition coefficient (Wildman–Crippen LogP) is 0.822. The standard InChI is InChI=1S/C11H15NO5/c1-2-3-12(4-5-13)10(14)9-6-8(7-17-9)11(15)16/h6-7,13H,2-5H2,1H3,(H,15,16). The highest BCUT2D eigenvalue weighted by molar-refractivity contribution is 5.95. The Hall–Kier alpha value is -1.82. The maximum absolute atomic E-state index is 11.9. The van der Waals surface area contributed by atoms with Gasteiger partial charge in [-0.2, -0.15) is 0 Å². The van der Waals surface area contributed by atoms with Gasteiger partial charge in [-0.05, 0) is 6.42 Å². The van der Waals surface area contributed by atoms with Crippen LogP contribution in [0, 0.1) is 0 Å². The van der Waals surface area contributed by atoms with Crippen LogP contribution in [0.25, 0.3) is 0 Å². The van der Waals surface area contributed by atoms with Crippen molar-refractivity contribution in [1.29, 1.82) is 0 Å². The minimum Gasteiger partial charge on any atom is -0.478 e. The van der Waals surface area contributed by atoms with Crippen molar-refractivity contribution >= 4 is 11.9 Å². The number of furan rings is 1. The Bertz CT molecular complexity index is 392. The van der Waals surface area contributed by atoms with E-state index in [2.05, 4.69) is 0 Å². The number of amides is 1. The Balaban J connectivity index is 2.81. The molecule has 0 bridgehead atoms. The van der Waals surface area contributed by atoms with Gasteiger partial charge in [0.05, 0.1) is 12.2 Å². The molecule has 1 aromatic rings. The molecule has 1 aromatic heterocycles. The van der Waals surface area contributed by atoms with Crippen molar-refractivity contribution in [3.05, 3.63) is 23.7 Å². The number of nitrogens with zero attached hydrogens (tertiary/aromatic N) is 1. The highest BCUT2D eigenvalue weighted by Gasteiger charge is 2.19. The molecular formula is C11H15NO5. The van der Waals surface area contributed by atoms with Crippen LogP contribution in [0.1, 0.15) is 34.3 Å². The van der Waals surface area contributed by atoms with Gasteiger partial charge in [0.2, 0.25) is 0 Å². The molecule has 0 atom stereocenters. The third kappa shape index (κ3) is 3.32. The smallest absolute Gasteiger partial charge is 0.338 e. The summed E-state index contributed by atoms with van der Waals surface area (Å²) in [4.78, 5) is 23.9. The van der Waals surface area contributed by atoms with Crippen molar-refractivity contribution in [2.45, 2.75) is 13.3 Å². The number of rotatable bonds is 6. The van der Waals surface area contributed by atoms with E-state index in [1.165, 1.54) is 11.0 Å². The predicted molar refractivity (Wildman–Crippen MR) is 58.9 cm³/mol. The van der Waals surface area contributed by atoms with Crippen molar-refractivity contribution in [1.82, 2.24) is 4.90 Å². The summed E-state index contributed by atoms with van der Waals surface area (Å²) >= 11 is 0. The number of aliphatic hydroxyl groups is 1. The zero-order valence-electron chi connectivity index (χ0n) is 9.55. The van der Waals surface area contributed by atoms with Crippen LogP contribution in [-0.4, -0.2) is 46.7 Å². The van der Waals surface area contributed by atoms with Gasteiger partial charge in [0.15, 0.2) is 5.76 Å². The van der Waals surface area contributed by atoms with Gasteiger partial charge >= 0.3 is 5.97 Å². The molecule has 2 N–H and O–H groups in total. The fourth-order valence-electron chi connectivity index (χ4n) is 1.42. The minimum atomic E-state index is -1.14. The first-order chi connectivity index (χ1) is 8.10. The van der Waals surface area contributed by atoms with Crippen molar-refractivity contribution in [2.75, 3.05) is 19.7 Å². The second-order valence-corrected chi connectivity index (χ2v) is 3.52. The summed E-state index contributed by atoms with van der Waals surface area (Å²) in [5.74, 6) is -1.57. The molecule has 1 amide bonds. The van der Waals surface area contributed by atoms with Crippen molar-refractivity contribution < 1.29 is 24.2 Å². The van der Waals surface area contributed by atoms with Gasteiger partial charge in [-0.3, -0.25) is 4.79 Å². The minimum absolute atomic E-state index is 0.0238. The quantitative estimate of drug-likeness (QED) is 0.769. The van der Waals surface area contributed by atoms with Crippen LogP contribution >= 0.6 is 0 Å². The first kappa shape index (κ1) is 13.2. The Morgan fingerprint density at radius 1 is 1.41 bits per heavy atom. The van der Waals surface area contributed by atoms with Gasteiger partial charge in [-0.25, -0.2) is 4.79 Å². The molecule has 0 aliphatic heterocycles. The first-order valence-electron chi connectivity index (χ1n) is 5.32. The average Bonchev–Trinajstić information content (AvgIpc) is 2.77. The normalized spacial score (nSPS) is 10.2. The number of carbonyl (C=O) groups is 2. The average molecular weight is 241 g/mol. The molecule has 1 heterocycles. The molecule has 1 rings (SSSR count). The van der Waals surface area contributed by atoms with E-state index >= 15 is 0 Å². The highest BCUT2D eigenvalue weighted by atomic mass is 16.4. The third-order valence-electron chi connectivity index (χ3n) is 2.21. The van der Waals surface area contributed by atoms with Crippen LogP contribution in [0.2, 0.25) is 0 Å². The van der Waals surface area contributed by atoms with Gasteiger partial charge in [0.25, 0.3) is 5.91 Å². The van der Waals surface area contributed by atoms with E-state index in [1.54, 1.807) is 0 Å². The van der Waals surface area contributed by atoms with Crippen LogP contribution in [0.3, 0.4) is 0 Å². The Morgan fingerprint density at radius 2 is 2.12 bits per heavy atom. The number of aromatic carboxylic acids is 1. The molecule has 0 aromatic carbocycles. The van der Waals surface area contributed by atoms with E-state index in [-0.39, 0.29) is 24.5 Å². The summed E-state index contributed by atoms with van der Waals surface area (Å²) in [7, 11) is 0. The molecule has 0 radical (unpaired) electrons. The highest BCUT2D eigenvalue weighted by Crippen LogP contribution is 2.11. The second kappa shape index (κ2) is 6.05. The van der Waals surface area contributed by atoms with Gasteiger partial charge in [-0.15, -0.1) is 0 Å². The van der Waals surface area contributed by atoms with E-state index in [1.807, 2.05) is 6.92 Å². The molecule has 0 saturated carbocycles. The van der Waals surface area contributed by atoms with Crippen LogP contribution in [0.5, 0.6) is 0 Å². The molecule has 6 nitrogen and oxygen atoms in total. The number of carboxylic acid groups (broad SMARTS) is 1. The largest absolute Gasteiger partial charge is 0.478 e. The lowest BCUT2D eigenvalue weighted by molar-refractivity contribution is 0.0685. The molecule has 6 heteroatoms. The molecule has 0 aliphatic rings. The maximum Gasteiger partial charge on any atom is 0.338 e. The maximum atomic E-state index is 11.9. The molecule has 17 heavy (non-hydrogen) atoms. The van der Waals surface area contributed by atoms with E-state index in [0.717, 1.165) is 12.7 Å². The lowest BCUT2D eigenvalue weighted by Gasteiger charge is -2.19. The molecular weight excluding hydrogens is 226 g/mol. The number of carbonyl (C=O) groups excluding carboxylic acids is 1. The topological polar surface area (TPSA) is 91.0 Å². The van der Waals surface area contributed by atoms with Crippen LogP contribution < -0.4 is 0 Å². The molecule has 0 unspecified atom stereocenters. The number of carboxylic acids is 1. The fraction of sp³-hybridized carbons (Fsp3) is 0.455. The second-order valence-electron chi connectivity index (χ2n) is 3.52. The summed E-state index contributed by atoms with van der Waals surface area (Å²) in [6, 6.07) is 1.19. The summed E-state index contributed by atoms with van der Waals surface area (Å²) in [5.41, 5.74) is -0.0613. The lowest BCUT2D eigenvalue weighted by atomic mass is 10.3. The third-order valence-corrected chi connectivity index (χ3v) is 2.21. The van der Waals surface area contributed by atoms with Crippen molar-refractivity contribution in [3.8, 4) is 0 Å². The monoisotopic (exact) mass is 241 g/mol. The molecule has 0 saturated heterocycles. The van der Waals surface area contributed by atoms with Crippen LogP contribution in [-0.2, 0) is 0 Å². The van der Waals surface area contributed by atoms with E-state index < -0.39 is 11.9 Å². The summed E-state index contributed by atoms with van der Waals surface area (Å²) in [6.07, 6.45) is 1.77. The summed E-state index contributed by atoms with van der Waals surface area (Å²) in [5, 5.41) is 17.5. The molecule has 0 fully saturated rings. The Morgan fingerprint density at radius 3 is 2.59 bits per heavy atom. The summed E-state index contributed by atoms with van der Waals surface area (Å²) < 4.78 is 4.91. The van der Waals surface area contributed by atoms with Gasteiger partial charge in [-0.1, -0.05) is 6.92 Å². The van der Waals surface area contributed by atoms with Crippen molar-refractivity contribution in [2.24, 2.45) is 0 Å². The first-order valence-corrected chi connectivity index (χ1v) is 5.32. The van der Waals surface area contributed by atoms with Gasteiger partial charge in [0.1, 0.15) is 6.26 Å². The van der Waals surface area contributed by atoms with E-state index in [4.69, 9.17) is 14.6 Å². The fourth-order valence-corrected chi connectivity index (χ4v) is 1.42. The number of hydrogen-bond donors (Lipinski definition) is 2. The summed E-state index contributed by atoms with van der Waals surface area (Å²) in [6.45, 7) is 2.46. The number of aliphatic hydroxyl groups excluding tert-OH is 1. The van der Waals surface area contributed by atoms with E-state index in [0.29, 0.717) is 6.54 Å². The zero-order chi connectivity index (χ0) is 12.8.